The predicted octanol–water partition coefficient (Wildman–Crippen LogP) is 2.91. The molecule has 0 spiro atoms. The van der Waals surface area contributed by atoms with Crippen molar-refractivity contribution < 1.29 is 4.39 Å². The summed E-state index contributed by atoms with van der Waals surface area (Å²) in [6, 6.07) is 7.41. The normalized spacial score (nSPS) is 10.1. The lowest BCUT2D eigenvalue weighted by Gasteiger charge is -2.05. The van der Waals surface area contributed by atoms with E-state index in [-0.39, 0.29) is 0 Å². The molecule has 0 unspecified atom stereocenters. The Morgan fingerprint density at radius 1 is 1.29 bits per heavy atom. The van der Waals surface area contributed by atoms with Gasteiger partial charge in [-0.05, 0) is 36.1 Å². The van der Waals surface area contributed by atoms with E-state index in [1.807, 2.05) is 12.1 Å². The summed E-state index contributed by atoms with van der Waals surface area (Å²) in [7, 11) is 0. The molecule has 2 N–H and O–H groups in total. The van der Waals surface area contributed by atoms with Gasteiger partial charge in [0.2, 0.25) is 0 Å². The Balaban J connectivity index is 2.62. The minimum absolute atomic E-state index is 0.407. The molecule has 1 nitrogen and oxygen atoms in total. The number of alkyl halides is 1. The zero-order valence-electron chi connectivity index (χ0n) is 8.30. The lowest BCUT2D eigenvalue weighted by molar-refractivity contribution is 0.485. The average Bonchev–Trinajstić information content (AvgIpc) is 2.26. The molecule has 0 saturated carbocycles. The molecule has 1 rings (SSSR count). The minimum atomic E-state index is -0.407. The second kappa shape index (κ2) is 5.55. The maximum Gasteiger partial charge on any atom is 0.115 e. The Hall–Kier alpha value is -1.15. The van der Waals surface area contributed by atoms with Crippen LogP contribution in [0.25, 0.3) is 5.57 Å². The molecule has 0 heterocycles. The fourth-order valence-corrected chi connectivity index (χ4v) is 1.29. The van der Waals surface area contributed by atoms with Crippen molar-refractivity contribution in [2.45, 2.75) is 19.5 Å². The average molecular weight is 193 g/mol. The van der Waals surface area contributed by atoms with Crippen molar-refractivity contribution in [2.24, 2.45) is 5.73 Å². The summed E-state index contributed by atoms with van der Waals surface area (Å²) in [4.78, 5) is 0. The van der Waals surface area contributed by atoms with Gasteiger partial charge in [-0.25, -0.2) is 4.39 Å². The van der Waals surface area contributed by atoms with E-state index in [2.05, 4.69) is 6.58 Å². The zero-order chi connectivity index (χ0) is 10.4. The molecule has 0 atom stereocenters. The van der Waals surface area contributed by atoms with Crippen LogP contribution in [0.2, 0.25) is 0 Å². The van der Waals surface area contributed by atoms with Gasteiger partial charge in [0.15, 0.2) is 0 Å². The maximum atomic E-state index is 12.2. The van der Waals surface area contributed by atoms with Gasteiger partial charge in [-0.15, -0.1) is 0 Å². The number of rotatable bonds is 5. The highest BCUT2D eigenvalue weighted by Gasteiger charge is 1.98. The smallest absolute Gasteiger partial charge is 0.115 e. The van der Waals surface area contributed by atoms with Crippen LogP contribution in [0.3, 0.4) is 0 Å². The second-order valence-electron chi connectivity index (χ2n) is 3.33. The van der Waals surface area contributed by atoms with Crippen molar-refractivity contribution in [3.8, 4) is 0 Å². The van der Waals surface area contributed by atoms with Crippen LogP contribution in [0, 0.1) is 0 Å². The molecule has 0 aliphatic heterocycles. The van der Waals surface area contributed by atoms with Gasteiger partial charge in [0.1, 0.15) is 6.67 Å². The summed E-state index contributed by atoms with van der Waals surface area (Å²) < 4.78 is 12.2. The van der Waals surface area contributed by atoms with Crippen LogP contribution in [0.15, 0.2) is 30.8 Å². The van der Waals surface area contributed by atoms with Gasteiger partial charge in [0.25, 0.3) is 0 Å². The highest BCUT2D eigenvalue weighted by atomic mass is 19.1. The standard InChI is InChI=1S/C12H16FN/c1-10(3-2-8-14)12-6-4-11(9-13)5-7-12/h4-7H,1-3,8-9,14H2. The summed E-state index contributed by atoms with van der Waals surface area (Å²) in [5.74, 6) is 0. The summed E-state index contributed by atoms with van der Waals surface area (Å²) in [6.45, 7) is 4.24. The van der Waals surface area contributed by atoms with E-state index >= 15 is 0 Å². The quantitative estimate of drug-likeness (QED) is 0.764. The van der Waals surface area contributed by atoms with Crippen molar-refractivity contribution in [1.29, 1.82) is 0 Å². The molecule has 0 saturated heterocycles. The lowest BCUT2D eigenvalue weighted by Crippen LogP contribution is -1.98. The fraction of sp³-hybridized carbons (Fsp3) is 0.333. The van der Waals surface area contributed by atoms with E-state index in [0.717, 1.165) is 24.0 Å². The fourth-order valence-electron chi connectivity index (χ4n) is 1.29. The van der Waals surface area contributed by atoms with Crippen LogP contribution in [-0.4, -0.2) is 6.54 Å². The molecule has 1 aromatic rings. The van der Waals surface area contributed by atoms with Crippen LogP contribution < -0.4 is 5.73 Å². The first kappa shape index (κ1) is 10.9. The van der Waals surface area contributed by atoms with E-state index < -0.39 is 6.67 Å². The van der Waals surface area contributed by atoms with E-state index in [1.54, 1.807) is 12.1 Å². The Bertz CT molecular complexity index is 290. The highest BCUT2D eigenvalue weighted by Crippen LogP contribution is 2.18. The van der Waals surface area contributed by atoms with E-state index in [0.29, 0.717) is 12.1 Å². The number of allylic oxidation sites excluding steroid dienone is 1. The van der Waals surface area contributed by atoms with Gasteiger partial charge in [-0.1, -0.05) is 30.8 Å². The summed E-state index contributed by atoms with van der Waals surface area (Å²) in [6.07, 6.45) is 1.86. The second-order valence-corrected chi connectivity index (χ2v) is 3.33. The van der Waals surface area contributed by atoms with Gasteiger partial charge in [-0.3, -0.25) is 0 Å². The number of halogens is 1. The van der Waals surface area contributed by atoms with Crippen molar-refractivity contribution in [3.05, 3.63) is 42.0 Å². The van der Waals surface area contributed by atoms with Crippen LogP contribution in [0.1, 0.15) is 24.0 Å². The van der Waals surface area contributed by atoms with Gasteiger partial charge in [0, 0.05) is 0 Å². The highest BCUT2D eigenvalue weighted by molar-refractivity contribution is 5.63. The van der Waals surface area contributed by atoms with Crippen molar-refractivity contribution in [3.63, 3.8) is 0 Å². The number of benzene rings is 1. The predicted molar refractivity (Wildman–Crippen MR) is 58.6 cm³/mol. The molecule has 0 aliphatic carbocycles. The Kier molecular flexibility index (Phi) is 4.33. The molecule has 76 valence electrons. The Labute approximate surface area is 84.4 Å². The molecule has 0 radical (unpaired) electrons. The molecule has 0 bridgehead atoms. The first-order valence-electron chi connectivity index (χ1n) is 4.81. The molecule has 0 fully saturated rings. The minimum Gasteiger partial charge on any atom is -0.330 e. The zero-order valence-corrected chi connectivity index (χ0v) is 8.30. The van der Waals surface area contributed by atoms with Crippen LogP contribution in [-0.2, 0) is 6.67 Å². The lowest BCUT2D eigenvalue weighted by atomic mass is 10.0. The van der Waals surface area contributed by atoms with Gasteiger partial charge >= 0.3 is 0 Å². The van der Waals surface area contributed by atoms with Gasteiger partial charge < -0.3 is 5.73 Å². The van der Waals surface area contributed by atoms with Crippen molar-refractivity contribution in [1.82, 2.24) is 0 Å². The first-order valence-corrected chi connectivity index (χ1v) is 4.81. The van der Waals surface area contributed by atoms with Crippen molar-refractivity contribution >= 4 is 5.57 Å². The molecule has 14 heavy (non-hydrogen) atoms. The largest absolute Gasteiger partial charge is 0.330 e. The van der Waals surface area contributed by atoms with Crippen molar-refractivity contribution in [2.75, 3.05) is 6.54 Å². The van der Waals surface area contributed by atoms with Gasteiger partial charge in [0.05, 0.1) is 0 Å². The Morgan fingerprint density at radius 3 is 2.43 bits per heavy atom. The third-order valence-electron chi connectivity index (χ3n) is 2.20. The van der Waals surface area contributed by atoms with Gasteiger partial charge in [-0.2, -0.15) is 0 Å². The number of nitrogens with two attached hydrogens (primary N) is 1. The number of hydrogen-bond donors (Lipinski definition) is 1. The molecular weight excluding hydrogens is 177 g/mol. The van der Waals surface area contributed by atoms with Crippen LogP contribution >= 0.6 is 0 Å². The molecule has 2 heteroatoms. The maximum absolute atomic E-state index is 12.2. The summed E-state index contributed by atoms with van der Waals surface area (Å²) >= 11 is 0. The molecule has 1 aromatic carbocycles. The van der Waals surface area contributed by atoms with Crippen LogP contribution in [0.5, 0.6) is 0 Å². The molecule has 0 aliphatic rings. The SMILES string of the molecule is C=C(CCCN)c1ccc(CF)cc1. The van der Waals surface area contributed by atoms with Crippen LogP contribution in [0.4, 0.5) is 4.39 Å². The number of hydrogen-bond acceptors (Lipinski definition) is 1. The molecule has 0 amide bonds. The van der Waals surface area contributed by atoms with E-state index in [9.17, 15) is 4.39 Å². The topological polar surface area (TPSA) is 26.0 Å². The third kappa shape index (κ3) is 2.96. The molecule has 0 aromatic heterocycles. The van der Waals surface area contributed by atoms with E-state index in [1.165, 1.54) is 0 Å². The molecular formula is C12H16FN. The van der Waals surface area contributed by atoms with E-state index in [4.69, 9.17) is 5.73 Å². The first-order chi connectivity index (χ1) is 6.77. The third-order valence-corrected chi connectivity index (χ3v) is 2.20. The monoisotopic (exact) mass is 193 g/mol. The summed E-state index contributed by atoms with van der Waals surface area (Å²) in [5.41, 5.74) is 8.27. The Morgan fingerprint density at radius 2 is 1.93 bits per heavy atom. The summed E-state index contributed by atoms with van der Waals surface area (Å²) in [5, 5.41) is 0.